The zero-order valence-corrected chi connectivity index (χ0v) is 10.8. The quantitative estimate of drug-likeness (QED) is 0.685. The van der Waals surface area contributed by atoms with Gasteiger partial charge in [0.15, 0.2) is 0 Å². The van der Waals surface area contributed by atoms with Crippen LogP contribution in [0.15, 0.2) is 0 Å². The lowest BCUT2D eigenvalue weighted by Crippen LogP contribution is -2.53. The molecule has 0 aromatic heterocycles. The highest BCUT2D eigenvalue weighted by molar-refractivity contribution is 5.73. The van der Waals surface area contributed by atoms with Crippen molar-refractivity contribution in [3.8, 4) is 0 Å². The predicted molar refractivity (Wildman–Crippen MR) is 66.2 cm³/mol. The average molecular weight is 244 g/mol. The molecule has 5 nitrogen and oxygen atoms in total. The number of hydrogen-bond donors (Lipinski definition) is 2. The molecule has 0 spiro atoms. The molecular weight excluding hydrogens is 220 g/mol. The van der Waals surface area contributed by atoms with Crippen LogP contribution in [0.5, 0.6) is 0 Å². The monoisotopic (exact) mass is 244 g/mol. The summed E-state index contributed by atoms with van der Waals surface area (Å²) in [6.07, 6.45) is 1.95. The summed E-state index contributed by atoms with van der Waals surface area (Å²) >= 11 is 0. The summed E-state index contributed by atoms with van der Waals surface area (Å²) in [6.45, 7) is 7.72. The lowest BCUT2D eigenvalue weighted by Gasteiger charge is -2.36. The molecule has 5 heteroatoms. The number of nitrogens with zero attached hydrogens (tertiary/aromatic N) is 1. The van der Waals surface area contributed by atoms with Gasteiger partial charge in [-0.2, -0.15) is 0 Å². The number of carboxylic acid groups (broad SMARTS) is 1. The Hall–Kier alpha value is -0.650. The number of carbonyl (C=O) groups is 1. The molecule has 2 N–H and O–H groups in total. The van der Waals surface area contributed by atoms with Gasteiger partial charge in [-0.25, -0.2) is 0 Å². The number of carboxylic acids is 1. The Morgan fingerprint density at radius 2 is 2.35 bits per heavy atom. The van der Waals surface area contributed by atoms with Crippen molar-refractivity contribution in [1.29, 1.82) is 0 Å². The molecule has 1 aliphatic rings. The molecule has 2 unspecified atom stereocenters. The van der Waals surface area contributed by atoms with Crippen LogP contribution in [0.1, 0.15) is 26.7 Å². The Balaban J connectivity index is 2.48. The van der Waals surface area contributed by atoms with Gasteiger partial charge in [0.2, 0.25) is 0 Å². The van der Waals surface area contributed by atoms with Gasteiger partial charge in [-0.05, 0) is 19.4 Å². The van der Waals surface area contributed by atoms with Crippen molar-refractivity contribution < 1.29 is 14.6 Å². The fourth-order valence-electron chi connectivity index (χ4n) is 2.09. The molecule has 0 saturated carbocycles. The third kappa shape index (κ3) is 4.61. The van der Waals surface area contributed by atoms with E-state index >= 15 is 0 Å². The molecular formula is C12H24N2O3. The van der Waals surface area contributed by atoms with Gasteiger partial charge in [-0.15, -0.1) is 0 Å². The summed E-state index contributed by atoms with van der Waals surface area (Å²) in [7, 11) is 0. The summed E-state index contributed by atoms with van der Waals surface area (Å²) in [5, 5.41) is 12.2. The minimum Gasteiger partial charge on any atom is -0.480 e. The van der Waals surface area contributed by atoms with E-state index in [4.69, 9.17) is 9.84 Å². The van der Waals surface area contributed by atoms with Crippen LogP contribution in [0, 0.1) is 0 Å². The van der Waals surface area contributed by atoms with E-state index in [-0.39, 0.29) is 0 Å². The first-order valence-corrected chi connectivity index (χ1v) is 6.47. The van der Waals surface area contributed by atoms with Gasteiger partial charge in [-0.3, -0.25) is 9.69 Å². The maximum absolute atomic E-state index is 11.2. The fraction of sp³-hybridized carbons (Fsp3) is 0.917. The maximum atomic E-state index is 11.2. The number of nitrogens with one attached hydrogen (secondary N) is 1. The van der Waals surface area contributed by atoms with Crippen molar-refractivity contribution in [3.63, 3.8) is 0 Å². The van der Waals surface area contributed by atoms with E-state index in [0.29, 0.717) is 19.2 Å². The zero-order chi connectivity index (χ0) is 12.7. The number of hydrogen-bond acceptors (Lipinski definition) is 4. The Bertz CT molecular complexity index is 236. The smallest absolute Gasteiger partial charge is 0.322 e. The first-order valence-electron chi connectivity index (χ1n) is 6.47. The second kappa shape index (κ2) is 7.63. The van der Waals surface area contributed by atoms with Crippen molar-refractivity contribution in [2.24, 2.45) is 0 Å². The van der Waals surface area contributed by atoms with Crippen LogP contribution in [-0.4, -0.2) is 60.9 Å². The number of ether oxygens (including phenoxy) is 1. The van der Waals surface area contributed by atoms with Gasteiger partial charge < -0.3 is 15.2 Å². The van der Waals surface area contributed by atoms with Gasteiger partial charge in [0.05, 0.1) is 13.2 Å². The molecule has 0 amide bonds. The van der Waals surface area contributed by atoms with E-state index in [0.717, 1.165) is 32.5 Å². The minimum atomic E-state index is -0.764. The topological polar surface area (TPSA) is 61.8 Å². The highest BCUT2D eigenvalue weighted by Crippen LogP contribution is 2.10. The first kappa shape index (κ1) is 14.4. The van der Waals surface area contributed by atoms with Crippen LogP contribution < -0.4 is 5.32 Å². The minimum absolute atomic E-state index is 0.356. The molecule has 0 aromatic carbocycles. The van der Waals surface area contributed by atoms with Crippen molar-refractivity contribution in [2.75, 3.05) is 32.8 Å². The molecule has 1 rings (SSSR count). The lowest BCUT2D eigenvalue weighted by molar-refractivity contribution is -0.140. The standard InChI is InChI=1S/C12H24N2O3/c1-3-5-13-11(12(15)16)8-14-6-7-17-9-10(14)4-2/h10-11,13H,3-9H2,1-2H3,(H,15,16). The Morgan fingerprint density at radius 1 is 1.59 bits per heavy atom. The van der Waals surface area contributed by atoms with Crippen LogP contribution in [0.3, 0.4) is 0 Å². The van der Waals surface area contributed by atoms with Gasteiger partial charge in [0, 0.05) is 19.1 Å². The zero-order valence-electron chi connectivity index (χ0n) is 10.8. The van der Waals surface area contributed by atoms with Gasteiger partial charge >= 0.3 is 5.97 Å². The summed E-state index contributed by atoms with van der Waals surface area (Å²) in [4.78, 5) is 13.4. The molecule has 1 heterocycles. The fourth-order valence-corrected chi connectivity index (χ4v) is 2.09. The van der Waals surface area contributed by atoms with Crippen LogP contribution >= 0.6 is 0 Å². The van der Waals surface area contributed by atoms with Gasteiger partial charge in [0.1, 0.15) is 6.04 Å². The van der Waals surface area contributed by atoms with Gasteiger partial charge in [0.25, 0.3) is 0 Å². The summed E-state index contributed by atoms with van der Waals surface area (Å²) in [5.41, 5.74) is 0. The van der Waals surface area contributed by atoms with Crippen LogP contribution in [0.25, 0.3) is 0 Å². The molecule has 0 aliphatic carbocycles. The molecule has 0 aromatic rings. The van der Waals surface area contributed by atoms with E-state index in [1.807, 2.05) is 6.92 Å². The Kier molecular flexibility index (Phi) is 6.47. The van der Waals surface area contributed by atoms with E-state index in [2.05, 4.69) is 17.1 Å². The SMILES string of the molecule is CCCNC(CN1CCOCC1CC)C(=O)O. The van der Waals surface area contributed by atoms with Crippen molar-refractivity contribution >= 4 is 5.97 Å². The molecule has 17 heavy (non-hydrogen) atoms. The predicted octanol–water partition coefficient (Wildman–Crippen LogP) is 0.550. The van der Waals surface area contributed by atoms with Crippen molar-refractivity contribution in [2.45, 2.75) is 38.8 Å². The highest BCUT2D eigenvalue weighted by atomic mass is 16.5. The second-order valence-electron chi connectivity index (χ2n) is 4.48. The van der Waals surface area contributed by atoms with Crippen molar-refractivity contribution in [1.82, 2.24) is 10.2 Å². The molecule has 1 saturated heterocycles. The summed E-state index contributed by atoms with van der Waals surface area (Å²) in [6, 6.07) is -0.115. The maximum Gasteiger partial charge on any atom is 0.322 e. The molecule has 2 atom stereocenters. The molecule has 0 bridgehead atoms. The second-order valence-corrected chi connectivity index (χ2v) is 4.48. The third-order valence-electron chi connectivity index (χ3n) is 3.18. The van der Waals surface area contributed by atoms with E-state index in [1.165, 1.54) is 0 Å². The molecule has 0 radical (unpaired) electrons. The third-order valence-corrected chi connectivity index (χ3v) is 3.18. The van der Waals surface area contributed by atoms with E-state index in [1.54, 1.807) is 0 Å². The van der Waals surface area contributed by atoms with Crippen LogP contribution in [-0.2, 0) is 9.53 Å². The first-order chi connectivity index (χ1) is 8.19. The normalized spacial score (nSPS) is 23.5. The molecule has 100 valence electrons. The Labute approximate surface area is 103 Å². The average Bonchev–Trinajstić information content (AvgIpc) is 2.34. The summed E-state index contributed by atoms with van der Waals surface area (Å²) in [5.74, 6) is -0.764. The number of morpholine rings is 1. The lowest BCUT2D eigenvalue weighted by atomic mass is 10.1. The Morgan fingerprint density at radius 3 is 2.94 bits per heavy atom. The highest BCUT2D eigenvalue weighted by Gasteiger charge is 2.26. The van der Waals surface area contributed by atoms with Crippen LogP contribution in [0.4, 0.5) is 0 Å². The molecule has 1 aliphatic heterocycles. The van der Waals surface area contributed by atoms with Gasteiger partial charge in [-0.1, -0.05) is 13.8 Å². The number of aliphatic carboxylic acids is 1. The van der Waals surface area contributed by atoms with Crippen LogP contribution in [0.2, 0.25) is 0 Å². The van der Waals surface area contributed by atoms with E-state index in [9.17, 15) is 4.79 Å². The summed E-state index contributed by atoms with van der Waals surface area (Å²) < 4.78 is 5.42. The largest absolute Gasteiger partial charge is 0.480 e. The van der Waals surface area contributed by atoms with E-state index < -0.39 is 12.0 Å². The molecule has 1 fully saturated rings. The number of rotatable bonds is 7. The van der Waals surface area contributed by atoms with Crippen molar-refractivity contribution in [3.05, 3.63) is 0 Å².